The van der Waals surface area contributed by atoms with Crippen LogP contribution in [0.3, 0.4) is 0 Å². The Bertz CT molecular complexity index is 152. The average molecular weight is 140 g/mol. The second-order valence-corrected chi connectivity index (χ2v) is 2.69. The van der Waals surface area contributed by atoms with Gasteiger partial charge >= 0.3 is 0 Å². The molecule has 10 heavy (non-hydrogen) atoms. The van der Waals surface area contributed by atoms with Crippen molar-refractivity contribution in [2.75, 3.05) is 14.1 Å². The van der Waals surface area contributed by atoms with Gasteiger partial charge in [0.15, 0.2) is 0 Å². The molecule has 0 N–H and O–H groups in total. The molecule has 0 saturated carbocycles. The van der Waals surface area contributed by atoms with Gasteiger partial charge in [0.25, 0.3) is 0 Å². The molecule has 0 aromatic heterocycles. The highest BCUT2D eigenvalue weighted by Gasteiger charge is 2.16. The molecule has 0 fully saturated rings. The van der Waals surface area contributed by atoms with E-state index in [1.54, 1.807) is 0 Å². The zero-order valence-electron chi connectivity index (χ0n) is 7.68. The molecular weight excluding hydrogens is 122 g/mol. The lowest BCUT2D eigenvalue weighted by molar-refractivity contribution is -0.795. The van der Waals surface area contributed by atoms with Gasteiger partial charge in [-0.2, -0.15) is 0 Å². The van der Waals surface area contributed by atoms with Gasteiger partial charge in [0.05, 0.1) is 14.1 Å². The van der Waals surface area contributed by atoms with Crippen LogP contribution in [0.25, 0.3) is 0 Å². The fourth-order valence-corrected chi connectivity index (χ4v) is 0.707. The third-order valence-corrected chi connectivity index (χ3v) is 1.71. The van der Waals surface area contributed by atoms with Crippen molar-refractivity contribution in [3.8, 4) is 0 Å². The molecule has 0 unspecified atom stereocenters. The highest BCUT2D eigenvalue weighted by molar-refractivity contribution is 5.10. The van der Waals surface area contributed by atoms with Gasteiger partial charge in [-0.3, -0.25) is 4.48 Å². The van der Waals surface area contributed by atoms with E-state index in [1.165, 1.54) is 5.70 Å². The fourth-order valence-electron chi connectivity index (χ4n) is 0.707. The van der Waals surface area contributed by atoms with E-state index in [1.807, 2.05) is 13.8 Å². The molecule has 0 spiro atoms. The van der Waals surface area contributed by atoms with Crippen LogP contribution in [-0.2, 0) is 0 Å². The zero-order valence-corrected chi connectivity index (χ0v) is 7.68. The fraction of sp³-hybridized carbons (Fsp3) is 0.556. The first-order valence-corrected chi connectivity index (χ1v) is 3.83. The largest absolute Gasteiger partial charge is 0.274 e. The minimum absolute atomic E-state index is 0.917. The molecule has 1 heterocycles. The topological polar surface area (TPSA) is 0 Å². The first kappa shape index (κ1) is 9.44. The molecule has 58 valence electrons. The van der Waals surface area contributed by atoms with Gasteiger partial charge in [0.1, 0.15) is 11.9 Å². The van der Waals surface area contributed by atoms with Crippen LogP contribution in [0.2, 0.25) is 0 Å². The highest BCUT2D eigenvalue weighted by Crippen LogP contribution is 2.16. The van der Waals surface area contributed by atoms with Crippen molar-refractivity contribution in [1.29, 1.82) is 0 Å². The molecule has 0 atom stereocenters. The van der Waals surface area contributed by atoms with E-state index in [0.29, 0.717) is 0 Å². The van der Waals surface area contributed by atoms with Gasteiger partial charge in [-0.1, -0.05) is 13.8 Å². The summed E-state index contributed by atoms with van der Waals surface area (Å²) in [4.78, 5) is 0. The Kier molecular flexibility index (Phi) is 3.37. The summed E-state index contributed by atoms with van der Waals surface area (Å²) in [5.41, 5.74) is 1.39. The number of nitrogens with zero attached hydrogens (tertiary/aromatic N) is 1. The van der Waals surface area contributed by atoms with Gasteiger partial charge in [0, 0.05) is 6.92 Å². The van der Waals surface area contributed by atoms with Crippen LogP contribution >= 0.6 is 0 Å². The van der Waals surface area contributed by atoms with E-state index in [9.17, 15) is 0 Å². The predicted molar refractivity (Wildman–Crippen MR) is 46.4 cm³/mol. The van der Waals surface area contributed by atoms with Gasteiger partial charge in [-0.05, 0) is 12.2 Å². The lowest BCUT2D eigenvalue weighted by Crippen LogP contribution is -2.28. The average Bonchev–Trinajstić information content (AvgIpc) is 2.17. The van der Waals surface area contributed by atoms with Crippen LogP contribution in [0.1, 0.15) is 20.8 Å². The molecule has 0 amide bonds. The van der Waals surface area contributed by atoms with E-state index in [4.69, 9.17) is 0 Å². The standard InChI is InChI=1S/C7H12N.C2H6/c1-7-5-4-6-8(7,2)3;1-2/h4-6H,1-3H3;1-2H3/q+1;. The summed E-state index contributed by atoms with van der Waals surface area (Å²) in [6.07, 6.45) is 6.39. The Morgan fingerprint density at radius 3 is 1.80 bits per heavy atom. The van der Waals surface area contributed by atoms with E-state index >= 15 is 0 Å². The third-order valence-electron chi connectivity index (χ3n) is 1.71. The Labute approximate surface area is 64.2 Å². The molecule has 1 rings (SSSR count). The number of quaternary nitrogens is 1. The van der Waals surface area contributed by atoms with E-state index in [2.05, 4.69) is 39.4 Å². The molecule has 1 heteroatoms. The Hall–Kier alpha value is -0.560. The van der Waals surface area contributed by atoms with Crippen molar-refractivity contribution in [2.24, 2.45) is 0 Å². The molecule has 0 aromatic rings. The van der Waals surface area contributed by atoms with E-state index < -0.39 is 0 Å². The molecule has 1 aliphatic heterocycles. The first-order valence-electron chi connectivity index (χ1n) is 3.83. The van der Waals surface area contributed by atoms with Crippen molar-refractivity contribution in [3.63, 3.8) is 0 Å². The van der Waals surface area contributed by atoms with Crippen LogP contribution in [0.4, 0.5) is 0 Å². The third kappa shape index (κ3) is 1.99. The molecule has 0 radical (unpaired) electrons. The van der Waals surface area contributed by atoms with Crippen LogP contribution in [0, 0.1) is 0 Å². The quantitative estimate of drug-likeness (QED) is 0.453. The molecular formula is C9H18N+. The SMILES string of the molecule is CC.CC1=CC=C[N+]1(C)C. The minimum atomic E-state index is 0.917. The van der Waals surface area contributed by atoms with Gasteiger partial charge in [0.2, 0.25) is 0 Å². The summed E-state index contributed by atoms with van der Waals surface area (Å²) in [6.45, 7) is 6.14. The van der Waals surface area contributed by atoms with Crippen LogP contribution in [-0.4, -0.2) is 18.6 Å². The maximum atomic E-state index is 2.16. The number of allylic oxidation sites excluding steroid dienone is 3. The molecule has 0 aliphatic carbocycles. The molecule has 0 bridgehead atoms. The molecule has 1 nitrogen and oxygen atoms in total. The summed E-state index contributed by atoms with van der Waals surface area (Å²) < 4.78 is 0.917. The Morgan fingerprint density at radius 1 is 1.20 bits per heavy atom. The Morgan fingerprint density at radius 2 is 1.70 bits per heavy atom. The summed E-state index contributed by atoms with van der Waals surface area (Å²) >= 11 is 0. The normalized spacial score (nSPS) is 19.5. The second-order valence-electron chi connectivity index (χ2n) is 2.69. The van der Waals surface area contributed by atoms with Crippen molar-refractivity contribution in [3.05, 3.63) is 24.0 Å². The lowest BCUT2D eigenvalue weighted by Gasteiger charge is -2.20. The zero-order chi connectivity index (χ0) is 8.20. The van der Waals surface area contributed by atoms with Crippen LogP contribution in [0.15, 0.2) is 24.0 Å². The Balaban J connectivity index is 0.000000371. The predicted octanol–water partition coefficient (Wildman–Crippen LogP) is 2.52. The van der Waals surface area contributed by atoms with Crippen LogP contribution < -0.4 is 0 Å². The van der Waals surface area contributed by atoms with Crippen molar-refractivity contribution in [2.45, 2.75) is 20.8 Å². The van der Waals surface area contributed by atoms with E-state index in [-0.39, 0.29) is 0 Å². The number of rotatable bonds is 0. The lowest BCUT2D eigenvalue weighted by atomic mass is 10.4. The monoisotopic (exact) mass is 140 g/mol. The van der Waals surface area contributed by atoms with Gasteiger partial charge in [-0.15, -0.1) is 0 Å². The molecule has 1 aliphatic rings. The summed E-state index contributed by atoms with van der Waals surface area (Å²) in [5, 5.41) is 0. The van der Waals surface area contributed by atoms with E-state index in [0.717, 1.165) is 4.48 Å². The van der Waals surface area contributed by atoms with Crippen molar-refractivity contribution in [1.82, 2.24) is 0 Å². The smallest absolute Gasteiger partial charge is 0.110 e. The maximum Gasteiger partial charge on any atom is 0.110 e. The minimum Gasteiger partial charge on any atom is -0.274 e. The number of hydrogen-bond donors (Lipinski definition) is 0. The molecule has 0 aromatic carbocycles. The van der Waals surface area contributed by atoms with Crippen molar-refractivity contribution < 1.29 is 4.48 Å². The number of hydrogen-bond acceptors (Lipinski definition) is 0. The summed E-state index contributed by atoms with van der Waals surface area (Å²) in [5.74, 6) is 0. The van der Waals surface area contributed by atoms with Crippen LogP contribution in [0.5, 0.6) is 0 Å². The summed E-state index contributed by atoms with van der Waals surface area (Å²) in [7, 11) is 4.32. The maximum absolute atomic E-state index is 2.16. The second kappa shape index (κ2) is 3.57. The summed E-state index contributed by atoms with van der Waals surface area (Å²) in [6, 6.07) is 0. The first-order chi connectivity index (χ1) is 4.63. The molecule has 0 saturated heterocycles. The highest BCUT2D eigenvalue weighted by atomic mass is 15.3. The van der Waals surface area contributed by atoms with Gasteiger partial charge in [-0.25, -0.2) is 0 Å². The van der Waals surface area contributed by atoms with Gasteiger partial charge < -0.3 is 0 Å². The van der Waals surface area contributed by atoms with Crippen molar-refractivity contribution >= 4 is 0 Å².